The monoisotopic (exact) mass is 401 g/mol. The third-order valence-corrected chi connectivity index (χ3v) is 6.69. The van der Waals surface area contributed by atoms with Gasteiger partial charge in [0, 0.05) is 45.2 Å². The summed E-state index contributed by atoms with van der Waals surface area (Å²) in [5.41, 5.74) is 0. The molecule has 0 aromatic rings. The minimum Gasteiger partial charge on any atom is -0.355 e. The molecule has 1 saturated heterocycles. The summed E-state index contributed by atoms with van der Waals surface area (Å²) in [6.45, 7) is 6.20. The van der Waals surface area contributed by atoms with Gasteiger partial charge < -0.3 is 15.5 Å². The minimum absolute atomic E-state index is 0.0295. The van der Waals surface area contributed by atoms with Crippen LogP contribution in [-0.4, -0.2) is 70.2 Å². The molecule has 156 valence electrons. The number of rotatable bonds is 8. The molecule has 1 heterocycles. The van der Waals surface area contributed by atoms with Crippen LogP contribution in [0.15, 0.2) is 4.99 Å². The summed E-state index contributed by atoms with van der Waals surface area (Å²) in [4.78, 5) is 18.1. The Balaban J connectivity index is 1.66. The van der Waals surface area contributed by atoms with E-state index in [0.717, 1.165) is 38.8 Å². The number of nitrogens with zero attached hydrogens (tertiary/aromatic N) is 2. The molecule has 1 saturated carbocycles. The molecule has 8 nitrogen and oxygen atoms in total. The molecule has 1 aliphatic heterocycles. The van der Waals surface area contributed by atoms with Gasteiger partial charge in [-0.05, 0) is 31.6 Å². The molecule has 9 heteroatoms. The van der Waals surface area contributed by atoms with E-state index in [1.165, 1.54) is 6.42 Å². The topological polar surface area (TPSA) is 103 Å². The van der Waals surface area contributed by atoms with Crippen LogP contribution in [-0.2, 0) is 14.8 Å². The Morgan fingerprint density at radius 3 is 2.37 bits per heavy atom. The van der Waals surface area contributed by atoms with Gasteiger partial charge in [-0.25, -0.2) is 13.1 Å². The summed E-state index contributed by atoms with van der Waals surface area (Å²) in [6.07, 6.45) is 5.18. The molecule has 27 heavy (non-hydrogen) atoms. The summed E-state index contributed by atoms with van der Waals surface area (Å²) in [5, 5.41) is 6.41. The van der Waals surface area contributed by atoms with Crippen molar-refractivity contribution in [1.29, 1.82) is 0 Å². The molecule has 0 unspecified atom stereocenters. The molecule has 1 amide bonds. The molecule has 0 aromatic carbocycles. The van der Waals surface area contributed by atoms with Crippen LogP contribution in [0.3, 0.4) is 0 Å². The van der Waals surface area contributed by atoms with Gasteiger partial charge in [-0.15, -0.1) is 0 Å². The maximum atomic E-state index is 12.0. The van der Waals surface area contributed by atoms with E-state index < -0.39 is 10.0 Å². The molecule has 0 bridgehead atoms. The number of carbonyl (C=O) groups excluding carboxylic acids is 1. The number of carbonyl (C=O) groups is 1. The van der Waals surface area contributed by atoms with Crippen molar-refractivity contribution >= 4 is 21.9 Å². The van der Waals surface area contributed by atoms with Crippen LogP contribution in [0.4, 0.5) is 0 Å². The predicted molar refractivity (Wildman–Crippen MR) is 108 cm³/mol. The number of guanidine groups is 1. The lowest BCUT2D eigenvalue weighted by atomic mass is 9.86. The summed E-state index contributed by atoms with van der Waals surface area (Å²) >= 11 is 0. The maximum Gasteiger partial charge on any atom is 0.225 e. The van der Waals surface area contributed by atoms with Crippen molar-refractivity contribution in [2.24, 2.45) is 16.8 Å². The van der Waals surface area contributed by atoms with Gasteiger partial charge in [-0.1, -0.05) is 20.3 Å². The molecule has 0 aromatic heterocycles. The maximum absolute atomic E-state index is 12.0. The molecule has 2 aliphatic rings. The highest BCUT2D eigenvalue weighted by molar-refractivity contribution is 7.89. The second kappa shape index (κ2) is 10.3. The second-order valence-corrected chi connectivity index (χ2v) is 9.79. The summed E-state index contributed by atoms with van der Waals surface area (Å²) in [7, 11) is -1.58. The van der Waals surface area contributed by atoms with Crippen molar-refractivity contribution < 1.29 is 13.2 Å². The van der Waals surface area contributed by atoms with E-state index in [9.17, 15) is 13.2 Å². The van der Waals surface area contributed by atoms with Crippen LogP contribution < -0.4 is 15.4 Å². The van der Waals surface area contributed by atoms with Crippen molar-refractivity contribution in [3.05, 3.63) is 0 Å². The molecule has 1 aliphatic carbocycles. The quantitative estimate of drug-likeness (QED) is 0.406. The molecule has 2 fully saturated rings. The van der Waals surface area contributed by atoms with E-state index >= 15 is 0 Å². The van der Waals surface area contributed by atoms with Crippen molar-refractivity contribution in [2.75, 3.05) is 39.0 Å². The smallest absolute Gasteiger partial charge is 0.225 e. The number of hydrogen-bond acceptors (Lipinski definition) is 4. The van der Waals surface area contributed by atoms with Crippen LogP contribution in [0.2, 0.25) is 0 Å². The van der Waals surface area contributed by atoms with E-state index in [0.29, 0.717) is 25.0 Å². The SMILES string of the molecule is CN=C(NCCS(=O)(=O)NCC1CCC1)NC1CCN(C(=O)C(C)C)CC1. The van der Waals surface area contributed by atoms with E-state index in [2.05, 4.69) is 20.3 Å². The fourth-order valence-electron chi connectivity index (χ4n) is 3.32. The van der Waals surface area contributed by atoms with Crippen LogP contribution in [0.25, 0.3) is 0 Å². The number of piperidine rings is 1. The Hall–Kier alpha value is -1.35. The Kier molecular flexibility index (Phi) is 8.34. The van der Waals surface area contributed by atoms with E-state index in [1.807, 2.05) is 18.7 Å². The number of hydrogen-bond donors (Lipinski definition) is 3. The van der Waals surface area contributed by atoms with Crippen molar-refractivity contribution in [3.63, 3.8) is 0 Å². The van der Waals surface area contributed by atoms with Gasteiger partial charge in [-0.3, -0.25) is 9.79 Å². The number of nitrogens with one attached hydrogen (secondary N) is 3. The third-order valence-electron chi connectivity index (χ3n) is 5.34. The first-order valence-electron chi connectivity index (χ1n) is 10.0. The Labute approximate surface area is 163 Å². The van der Waals surface area contributed by atoms with E-state index in [1.54, 1.807) is 7.05 Å². The number of amides is 1. The zero-order valence-electron chi connectivity index (χ0n) is 16.8. The average Bonchev–Trinajstić information content (AvgIpc) is 2.59. The predicted octanol–water partition coefficient (Wildman–Crippen LogP) is 0.518. The average molecular weight is 402 g/mol. The van der Waals surface area contributed by atoms with Crippen molar-refractivity contribution in [2.45, 2.75) is 52.0 Å². The lowest BCUT2D eigenvalue weighted by Gasteiger charge is -2.34. The highest BCUT2D eigenvalue weighted by Crippen LogP contribution is 2.25. The van der Waals surface area contributed by atoms with Crippen molar-refractivity contribution in [1.82, 2.24) is 20.3 Å². The fraction of sp³-hybridized carbons (Fsp3) is 0.889. The number of sulfonamides is 1. The second-order valence-electron chi connectivity index (χ2n) is 7.86. The van der Waals surface area contributed by atoms with Crippen LogP contribution in [0.5, 0.6) is 0 Å². The summed E-state index contributed by atoms with van der Waals surface area (Å²) in [5.74, 6) is 1.38. The number of likely N-dealkylation sites (tertiary alicyclic amines) is 1. The van der Waals surface area contributed by atoms with Gasteiger partial charge in [0.05, 0.1) is 5.75 Å². The lowest BCUT2D eigenvalue weighted by molar-refractivity contribution is -0.135. The minimum atomic E-state index is -3.25. The van der Waals surface area contributed by atoms with Crippen LogP contribution in [0.1, 0.15) is 46.0 Å². The zero-order valence-corrected chi connectivity index (χ0v) is 17.6. The van der Waals surface area contributed by atoms with Crippen molar-refractivity contribution in [3.8, 4) is 0 Å². The van der Waals surface area contributed by atoms with Gasteiger partial charge in [0.25, 0.3) is 0 Å². The fourth-order valence-corrected chi connectivity index (χ4v) is 4.32. The van der Waals surface area contributed by atoms with E-state index in [4.69, 9.17) is 0 Å². The zero-order chi connectivity index (χ0) is 19.9. The first-order chi connectivity index (χ1) is 12.8. The van der Waals surface area contributed by atoms with Gasteiger partial charge in [0.15, 0.2) is 5.96 Å². The first kappa shape index (κ1) is 21.9. The van der Waals surface area contributed by atoms with Gasteiger partial charge in [0.1, 0.15) is 0 Å². The van der Waals surface area contributed by atoms with Crippen LogP contribution in [0, 0.1) is 11.8 Å². The normalized spacial score (nSPS) is 19.9. The molecule has 2 rings (SSSR count). The van der Waals surface area contributed by atoms with Gasteiger partial charge in [0.2, 0.25) is 15.9 Å². The Morgan fingerprint density at radius 2 is 1.85 bits per heavy atom. The Morgan fingerprint density at radius 1 is 1.19 bits per heavy atom. The van der Waals surface area contributed by atoms with E-state index in [-0.39, 0.29) is 23.6 Å². The highest BCUT2D eigenvalue weighted by atomic mass is 32.2. The molecular weight excluding hydrogens is 366 g/mol. The molecule has 0 spiro atoms. The first-order valence-corrected chi connectivity index (χ1v) is 11.7. The van der Waals surface area contributed by atoms with Crippen LogP contribution >= 0.6 is 0 Å². The molecule has 3 N–H and O–H groups in total. The number of aliphatic imine (C=N–C) groups is 1. The lowest BCUT2D eigenvalue weighted by Crippen LogP contribution is -2.51. The summed E-state index contributed by atoms with van der Waals surface area (Å²) in [6, 6.07) is 0.237. The molecule has 0 atom stereocenters. The Bertz CT molecular complexity index is 608. The van der Waals surface area contributed by atoms with Gasteiger partial charge in [-0.2, -0.15) is 0 Å². The molecule has 0 radical (unpaired) electrons. The molecular formula is C18H35N5O3S. The summed E-state index contributed by atoms with van der Waals surface area (Å²) < 4.78 is 26.8. The largest absolute Gasteiger partial charge is 0.355 e. The highest BCUT2D eigenvalue weighted by Gasteiger charge is 2.25. The standard InChI is InChI=1S/C18H35N5O3S/c1-14(2)17(24)23-10-7-16(8-11-23)22-18(19-3)20-9-12-27(25,26)21-13-15-5-4-6-15/h14-16,21H,4-13H2,1-3H3,(H2,19,20,22). The third kappa shape index (κ3) is 7.29. The van der Waals surface area contributed by atoms with Gasteiger partial charge >= 0.3 is 0 Å².